The van der Waals surface area contributed by atoms with E-state index in [-0.39, 0.29) is 44.3 Å². The van der Waals surface area contributed by atoms with Gasteiger partial charge in [0, 0.05) is 49.2 Å². The Morgan fingerprint density at radius 1 is 0.389 bits per heavy atom. The first-order valence-corrected chi connectivity index (χ1v) is 17.3. The summed E-state index contributed by atoms with van der Waals surface area (Å²) in [6.07, 6.45) is 0. The molecule has 0 radical (unpaired) electrons. The van der Waals surface area contributed by atoms with Crippen molar-refractivity contribution < 1.29 is 21.2 Å². The van der Waals surface area contributed by atoms with Gasteiger partial charge < -0.3 is 8.83 Å². The highest BCUT2D eigenvalue weighted by atomic mass is 16.3. The Morgan fingerprint density at radius 3 is 1.89 bits per heavy atom. The number of hydrogen-bond donors (Lipinski definition) is 0. The van der Waals surface area contributed by atoms with Crippen LogP contribution in [0, 0.1) is 0 Å². The van der Waals surface area contributed by atoms with Gasteiger partial charge in [0.15, 0.2) is 17.5 Å². The lowest BCUT2D eigenvalue weighted by Crippen LogP contribution is -2.00. The average Bonchev–Trinajstić information content (AvgIpc) is 3.90. The third-order valence-corrected chi connectivity index (χ3v) is 9.65. The Morgan fingerprint density at radius 2 is 1.06 bits per heavy atom. The van der Waals surface area contributed by atoms with E-state index in [4.69, 9.17) is 36.1 Å². The van der Waals surface area contributed by atoms with Crippen LogP contribution in [0.15, 0.2) is 185 Å². The molecule has 0 bridgehead atoms. The molecule has 5 nitrogen and oxygen atoms in total. The Kier molecular flexibility index (Phi) is 5.06. The zero-order valence-corrected chi connectivity index (χ0v) is 28.2. The van der Waals surface area contributed by atoms with Gasteiger partial charge in [0.2, 0.25) is 0 Å². The van der Waals surface area contributed by atoms with Gasteiger partial charge in [-0.2, -0.15) is 0 Å². The maximum absolute atomic E-state index is 9.14. The fraction of sp³-hybridized carbons (Fsp3) is 0. The summed E-state index contributed by atoms with van der Waals surface area (Å²) in [5, 5.41) is 1.58. The van der Waals surface area contributed by atoms with E-state index in [0.29, 0.717) is 39.7 Å². The van der Waals surface area contributed by atoms with E-state index in [2.05, 4.69) is 18.2 Å². The summed E-state index contributed by atoms with van der Waals surface area (Å²) in [6.45, 7) is 0. The van der Waals surface area contributed by atoms with Crippen LogP contribution in [0.5, 0.6) is 0 Å². The van der Waals surface area contributed by atoms with Crippen molar-refractivity contribution in [2.24, 2.45) is 0 Å². The summed E-state index contributed by atoms with van der Waals surface area (Å²) >= 11 is 0. The predicted molar refractivity (Wildman–Crippen MR) is 219 cm³/mol. The van der Waals surface area contributed by atoms with E-state index in [0.717, 1.165) is 33.0 Å². The molecule has 5 heteroatoms. The minimum atomic E-state index is -0.555. The quantitative estimate of drug-likeness (QED) is 0.179. The molecule has 0 amide bonds. The largest absolute Gasteiger partial charge is 0.456 e. The van der Waals surface area contributed by atoms with Crippen molar-refractivity contribution in [1.29, 1.82) is 0 Å². The van der Waals surface area contributed by atoms with Crippen LogP contribution in [-0.4, -0.2) is 15.0 Å². The SMILES string of the molecule is [2H]c1c([2H])c([2H])c2c(oc3c4c([2H])c([2H])c([2H])c([2H])c4c([2H])c([2H])c32)c1-c1cccc(-c2nc(-c3ccccc3)nc(-c3ccc4c(c3)oc3cccc(-c5ccccc5)c34)n2)c1. The molecule has 0 spiro atoms. The minimum absolute atomic E-state index is 0.00936. The van der Waals surface area contributed by atoms with Crippen LogP contribution in [-0.2, 0) is 0 Å². The fourth-order valence-corrected chi connectivity index (χ4v) is 7.13. The molecule has 0 aliphatic rings. The van der Waals surface area contributed by atoms with Crippen LogP contribution >= 0.6 is 0 Å². The highest BCUT2D eigenvalue weighted by Crippen LogP contribution is 2.41. The van der Waals surface area contributed by atoms with Gasteiger partial charge in [0.25, 0.3) is 0 Å². The van der Waals surface area contributed by atoms with Crippen LogP contribution in [0.2, 0.25) is 0 Å². The zero-order chi connectivity index (χ0) is 43.4. The van der Waals surface area contributed by atoms with Gasteiger partial charge >= 0.3 is 0 Å². The fourth-order valence-electron chi connectivity index (χ4n) is 7.13. The van der Waals surface area contributed by atoms with E-state index >= 15 is 0 Å². The molecule has 0 fully saturated rings. The number of hydrogen-bond acceptors (Lipinski definition) is 5. The molecule has 3 aromatic heterocycles. The van der Waals surface area contributed by atoms with Gasteiger partial charge in [-0.25, -0.2) is 15.0 Å². The van der Waals surface area contributed by atoms with E-state index in [9.17, 15) is 0 Å². The number of nitrogens with zero attached hydrogens (tertiary/aromatic N) is 3. The van der Waals surface area contributed by atoms with Crippen LogP contribution in [0.25, 0.3) is 111 Å². The van der Waals surface area contributed by atoms with Crippen molar-refractivity contribution in [1.82, 2.24) is 15.0 Å². The predicted octanol–water partition coefficient (Wildman–Crippen LogP) is 13.2. The molecule has 0 atom stereocenters. The molecule has 0 unspecified atom stereocenters. The standard InChI is InChI=1S/C49H29N3O2/c1-3-12-30(13-4-1)36-20-11-23-42-44(36)41-27-25-35(29-43(41)53-42)49-51-47(32-15-5-2-6-16-32)50-48(52-49)34-18-9-17-33(28-34)38-21-10-22-39-40-26-24-31-14-7-8-19-37(31)45(40)54-46(38)39/h1-29H/i7D,8D,10D,14D,19D,21D,22D,24D,26D. The number of benzene rings is 8. The van der Waals surface area contributed by atoms with E-state index in [1.165, 1.54) is 0 Å². The van der Waals surface area contributed by atoms with Gasteiger partial charge in [-0.1, -0.05) is 145 Å². The molecular weight excluding hydrogens is 663 g/mol. The third-order valence-electron chi connectivity index (χ3n) is 9.65. The number of aromatic nitrogens is 3. The molecule has 0 aliphatic heterocycles. The number of furan rings is 2. The molecule has 0 N–H and O–H groups in total. The molecular formula is C49H29N3O2. The molecule has 0 saturated carbocycles. The molecule has 8 aromatic carbocycles. The first-order valence-electron chi connectivity index (χ1n) is 21.8. The molecule has 0 aliphatic carbocycles. The van der Waals surface area contributed by atoms with Crippen molar-refractivity contribution in [3.63, 3.8) is 0 Å². The highest BCUT2D eigenvalue weighted by Gasteiger charge is 2.18. The lowest BCUT2D eigenvalue weighted by molar-refractivity contribution is 0.669. The van der Waals surface area contributed by atoms with Crippen LogP contribution in [0.4, 0.5) is 0 Å². The summed E-state index contributed by atoms with van der Waals surface area (Å²) in [4.78, 5) is 14.8. The van der Waals surface area contributed by atoms with Crippen LogP contribution in [0.3, 0.4) is 0 Å². The van der Waals surface area contributed by atoms with Crippen molar-refractivity contribution >= 4 is 54.6 Å². The second kappa shape index (κ2) is 12.1. The maximum atomic E-state index is 9.14. The summed E-state index contributed by atoms with van der Waals surface area (Å²) in [7, 11) is 0. The zero-order valence-electron chi connectivity index (χ0n) is 37.2. The first kappa shape index (κ1) is 22.5. The van der Waals surface area contributed by atoms with Gasteiger partial charge in [0.1, 0.15) is 22.3 Å². The van der Waals surface area contributed by atoms with Gasteiger partial charge in [-0.3, -0.25) is 0 Å². The second-order valence-electron chi connectivity index (χ2n) is 12.9. The normalized spacial score (nSPS) is 14.0. The molecule has 11 rings (SSSR count). The van der Waals surface area contributed by atoms with Gasteiger partial charge in [-0.15, -0.1) is 0 Å². The first-order chi connectivity index (χ1) is 30.5. The molecule has 11 aromatic rings. The van der Waals surface area contributed by atoms with Crippen molar-refractivity contribution in [3.8, 4) is 56.4 Å². The van der Waals surface area contributed by atoms with Crippen LogP contribution < -0.4 is 0 Å². The number of rotatable bonds is 5. The molecule has 54 heavy (non-hydrogen) atoms. The van der Waals surface area contributed by atoms with E-state index < -0.39 is 48.3 Å². The second-order valence-corrected chi connectivity index (χ2v) is 12.9. The number of para-hydroxylation sites is 1. The Labute approximate surface area is 322 Å². The third kappa shape index (κ3) is 4.90. The highest BCUT2D eigenvalue weighted by molar-refractivity contribution is 6.17. The molecule has 252 valence electrons. The molecule has 3 heterocycles. The van der Waals surface area contributed by atoms with E-state index in [1.807, 2.05) is 84.9 Å². The van der Waals surface area contributed by atoms with Crippen molar-refractivity contribution in [2.45, 2.75) is 0 Å². The monoisotopic (exact) mass is 700 g/mol. The minimum Gasteiger partial charge on any atom is -0.456 e. The average molecular weight is 701 g/mol. The van der Waals surface area contributed by atoms with E-state index in [1.54, 1.807) is 18.2 Å². The summed E-state index contributed by atoms with van der Waals surface area (Å²) in [6, 6.07) is 34.5. The van der Waals surface area contributed by atoms with Crippen molar-refractivity contribution in [3.05, 3.63) is 176 Å². The smallest absolute Gasteiger partial charge is 0.164 e. The topological polar surface area (TPSA) is 65.0 Å². The van der Waals surface area contributed by atoms with Crippen molar-refractivity contribution in [2.75, 3.05) is 0 Å². The van der Waals surface area contributed by atoms with Gasteiger partial charge in [-0.05, 0) is 52.4 Å². The maximum Gasteiger partial charge on any atom is 0.164 e. The lowest BCUT2D eigenvalue weighted by atomic mass is 9.99. The Balaban J connectivity index is 1.11. The summed E-state index contributed by atoms with van der Waals surface area (Å²) in [5.41, 5.74) is 5.88. The Hall–Kier alpha value is -7.37. The van der Waals surface area contributed by atoms with Gasteiger partial charge in [0.05, 0.1) is 12.3 Å². The lowest BCUT2D eigenvalue weighted by Gasteiger charge is -2.10. The molecule has 0 saturated heterocycles. The van der Waals surface area contributed by atoms with Crippen LogP contribution in [0.1, 0.15) is 12.3 Å². The Bertz CT molecular complexity index is 3740. The summed E-state index contributed by atoms with van der Waals surface area (Å²) < 4.78 is 91.5. The number of fused-ring (bicyclic) bond motifs is 8. The summed E-state index contributed by atoms with van der Waals surface area (Å²) in [5.74, 6) is 1.10.